The molecule has 0 aliphatic carbocycles. The van der Waals surface area contributed by atoms with Gasteiger partial charge in [0.1, 0.15) is 0 Å². The molecule has 0 saturated carbocycles. The van der Waals surface area contributed by atoms with Crippen LogP contribution in [0.1, 0.15) is 11.3 Å². The molecule has 0 radical (unpaired) electrons. The van der Waals surface area contributed by atoms with Gasteiger partial charge < -0.3 is 5.11 Å². The van der Waals surface area contributed by atoms with E-state index < -0.39 is 5.97 Å². The van der Waals surface area contributed by atoms with E-state index in [9.17, 15) is 4.79 Å². The molecule has 5 heteroatoms. The van der Waals surface area contributed by atoms with Crippen molar-refractivity contribution in [2.24, 2.45) is 0 Å². The summed E-state index contributed by atoms with van der Waals surface area (Å²) in [5, 5.41) is 10.8. The number of hydrogen-bond acceptors (Lipinski definition) is 4. The standard InChI is InChI=1S/C15H12O2S3/c16-15(17)8-4-10-3-5-13(19-10)14-7-6-12(20-14)11-2-1-9-18-11/h1-3,5-7,9H,4,8H2,(H,16,17). The summed E-state index contributed by atoms with van der Waals surface area (Å²) in [4.78, 5) is 16.8. The zero-order valence-electron chi connectivity index (χ0n) is 10.5. The molecule has 0 bridgehead atoms. The highest BCUT2D eigenvalue weighted by atomic mass is 32.1. The van der Waals surface area contributed by atoms with Crippen molar-refractivity contribution in [3.8, 4) is 19.5 Å². The Morgan fingerprint density at radius 1 is 0.950 bits per heavy atom. The maximum Gasteiger partial charge on any atom is 0.303 e. The molecule has 20 heavy (non-hydrogen) atoms. The predicted octanol–water partition coefficient (Wildman–Crippen LogP) is 5.22. The Balaban J connectivity index is 1.78. The second-order valence-electron chi connectivity index (χ2n) is 4.30. The number of rotatable bonds is 5. The van der Waals surface area contributed by atoms with Crippen LogP contribution in [0.15, 0.2) is 41.8 Å². The lowest BCUT2D eigenvalue weighted by atomic mass is 10.2. The van der Waals surface area contributed by atoms with Crippen LogP contribution < -0.4 is 0 Å². The van der Waals surface area contributed by atoms with Crippen molar-refractivity contribution in [2.45, 2.75) is 12.8 Å². The van der Waals surface area contributed by atoms with Gasteiger partial charge in [-0.2, -0.15) is 0 Å². The molecule has 0 fully saturated rings. The van der Waals surface area contributed by atoms with Crippen molar-refractivity contribution >= 4 is 40.0 Å². The monoisotopic (exact) mass is 320 g/mol. The lowest BCUT2D eigenvalue weighted by Crippen LogP contribution is -1.95. The molecule has 0 aliphatic heterocycles. The number of aliphatic carboxylic acids is 1. The average Bonchev–Trinajstić information content (AvgIpc) is 3.15. The molecule has 3 aromatic heterocycles. The molecule has 3 aromatic rings. The van der Waals surface area contributed by atoms with E-state index in [-0.39, 0.29) is 6.42 Å². The molecule has 1 N–H and O–H groups in total. The minimum absolute atomic E-state index is 0.199. The van der Waals surface area contributed by atoms with Gasteiger partial charge >= 0.3 is 5.97 Å². The number of hydrogen-bond donors (Lipinski definition) is 1. The number of thiophene rings is 3. The van der Waals surface area contributed by atoms with Gasteiger partial charge in [0.05, 0.1) is 6.42 Å². The lowest BCUT2D eigenvalue weighted by Gasteiger charge is -1.92. The highest BCUT2D eigenvalue weighted by Crippen LogP contribution is 2.39. The predicted molar refractivity (Wildman–Crippen MR) is 86.9 cm³/mol. The zero-order chi connectivity index (χ0) is 13.9. The van der Waals surface area contributed by atoms with E-state index in [2.05, 4.69) is 35.7 Å². The summed E-state index contributed by atoms with van der Waals surface area (Å²) in [6.45, 7) is 0. The van der Waals surface area contributed by atoms with Gasteiger partial charge in [0, 0.05) is 24.4 Å². The minimum Gasteiger partial charge on any atom is -0.481 e. The topological polar surface area (TPSA) is 37.3 Å². The quantitative estimate of drug-likeness (QED) is 0.699. The third-order valence-electron chi connectivity index (χ3n) is 2.86. The highest BCUT2D eigenvalue weighted by molar-refractivity contribution is 7.26. The first-order valence-corrected chi connectivity index (χ1v) is 8.68. The van der Waals surface area contributed by atoms with Gasteiger partial charge in [-0.05, 0) is 42.1 Å². The summed E-state index contributed by atoms with van der Waals surface area (Å²) in [7, 11) is 0. The Kier molecular flexibility index (Phi) is 4.00. The van der Waals surface area contributed by atoms with Gasteiger partial charge in [-0.25, -0.2) is 0 Å². The first-order valence-electron chi connectivity index (χ1n) is 6.17. The Bertz CT molecular complexity index is 707. The van der Waals surface area contributed by atoms with Crippen LogP contribution in [0.5, 0.6) is 0 Å². The van der Waals surface area contributed by atoms with Crippen molar-refractivity contribution in [1.82, 2.24) is 0 Å². The van der Waals surface area contributed by atoms with Crippen LogP contribution in [-0.2, 0) is 11.2 Å². The fourth-order valence-electron chi connectivity index (χ4n) is 1.90. The Morgan fingerprint density at radius 2 is 1.65 bits per heavy atom. The van der Waals surface area contributed by atoms with Gasteiger partial charge in [0.15, 0.2) is 0 Å². The van der Waals surface area contributed by atoms with E-state index in [1.165, 1.54) is 19.5 Å². The second-order valence-corrected chi connectivity index (χ2v) is 7.50. The summed E-state index contributed by atoms with van der Waals surface area (Å²) in [6.07, 6.45) is 0.813. The number of carboxylic acid groups (broad SMARTS) is 1. The van der Waals surface area contributed by atoms with Crippen molar-refractivity contribution in [1.29, 1.82) is 0 Å². The fourth-order valence-corrected chi connectivity index (χ4v) is 4.83. The van der Waals surface area contributed by atoms with Crippen molar-refractivity contribution in [3.63, 3.8) is 0 Å². The van der Waals surface area contributed by atoms with Crippen LogP contribution in [0.2, 0.25) is 0 Å². The van der Waals surface area contributed by atoms with E-state index in [4.69, 9.17) is 5.11 Å². The first kappa shape index (κ1) is 13.5. The number of carbonyl (C=O) groups is 1. The van der Waals surface area contributed by atoms with Gasteiger partial charge in [-0.15, -0.1) is 34.0 Å². The molecular formula is C15H12O2S3. The largest absolute Gasteiger partial charge is 0.481 e. The van der Waals surface area contributed by atoms with Crippen LogP contribution >= 0.6 is 34.0 Å². The Hall–Kier alpha value is -1.43. The maximum atomic E-state index is 10.6. The zero-order valence-corrected chi connectivity index (χ0v) is 13.0. The van der Waals surface area contributed by atoms with Crippen LogP contribution in [-0.4, -0.2) is 11.1 Å². The molecule has 3 rings (SSSR count). The summed E-state index contributed by atoms with van der Waals surface area (Å²) >= 11 is 5.22. The maximum absolute atomic E-state index is 10.6. The third-order valence-corrected chi connectivity index (χ3v) is 6.35. The van der Waals surface area contributed by atoms with Gasteiger partial charge in [0.2, 0.25) is 0 Å². The van der Waals surface area contributed by atoms with E-state index in [1.54, 1.807) is 34.0 Å². The normalized spacial score (nSPS) is 10.8. The van der Waals surface area contributed by atoms with E-state index in [1.807, 2.05) is 6.07 Å². The molecule has 0 atom stereocenters. The summed E-state index contributed by atoms with van der Waals surface area (Å²) < 4.78 is 0. The summed E-state index contributed by atoms with van der Waals surface area (Å²) in [5.41, 5.74) is 0. The van der Waals surface area contributed by atoms with Crippen LogP contribution in [0.3, 0.4) is 0 Å². The molecule has 102 valence electrons. The SMILES string of the molecule is O=C(O)CCc1ccc(-c2ccc(-c3cccs3)s2)s1. The van der Waals surface area contributed by atoms with Crippen LogP contribution in [0, 0.1) is 0 Å². The Morgan fingerprint density at radius 3 is 2.35 bits per heavy atom. The molecular weight excluding hydrogens is 308 g/mol. The molecule has 3 heterocycles. The minimum atomic E-state index is -0.740. The van der Waals surface area contributed by atoms with E-state index >= 15 is 0 Å². The van der Waals surface area contributed by atoms with Crippen molar-refractivity contribution in [3.05, 3.63) is 46.7 Å². The average molecular weight is 320 g/mol. The molecule has 0 amide bonds. The van der Waals surface area contributed by atoms with Crippen LogP contribution in [0.25, 0.3) is 19.5 Å². The number of aryl methyl sites for hydroxylation is 1. The second kappa shape index (κ2) is 5.91. The Labute approximate surface area is 129 Å². The van der Waals surface area contributed by atoms with Crippen LogP contribution in [0.4, 0.5) is 0 Å². The van der Waals surface area contributed by atoms with E-state index in [0.717, 1.165) is 4.88 Å². The molecule has 2 nitrogen and oxygen atoms in total. The molecule has 0 unspecified atom stereocenters. The van der Waals surface area contributed by atoms with Gasteiger partial charge in [0.25, 0.3) is 0 Å². The van der Waals surface area contributed by atoms with Gasteiger partial charge in [-0.1, -0.05) is 6.07 Å². The molecule has 0 aliphatic rings. The first-order chi connectivity index (χ1) is 9.72. The lowest BCUT2D eigenvalue weighted by molar-refractivity contribution is -0.136. The van der Waals surface area contributed by atoms with E-state index in [0.29, 0.717) is 6.42 Å². The molecule has 0 aromatic carbocycles. The molecule has 0 spiro atoms. The van der Waals surface area contributed by atoms with Crippen molar-refractivity contribution in [2.75, 3.05) is 0 Å². The van der Waals surface area contributed by atoms with Crippen molar-refractivity contribution < 1.29 is 9.90 Å². The fraction of sp³-hybridized carbons (Fsp3) is 0.133. The number of carboxylic acids is 1. The smallest absolute Gasteiger partial charge is 0.303 e. The summed E-state index contributed by atoms with van der Waals surface area (Å²) in [6, 6.07) is 12.6. The highest BCUT2D eigenvalue weighted by Gasteiger charge is 2.09. The molecule has 0 saturated heterocycles. The third kappa shape index (κ3) is 3.00. The summed E-state index contributed by atoms with van der Waals surface area (Å²) in [5.74, 6) is -0.740. The van der Waals surface area contributed by atoms with Gasteiger partial charge in [-0.3, -0.25) is 4.79 Å².